The molecule has 1 aromatic heterocycles. The molecule has 2 heterocycles. The van der Waals surface area contributed by atoms with Crippen molar-refractivity contribution in [3.63, 3.8) is 0 Å². The maximum atomic E-state index is 12.9. The Kier molecular flexibility index (Phi) is 5.67. The van der Waals surface area contributed by atoms with Gasteiger partial charge in [0.05, 0.1) is 24.8 Å². The van der Waals surface area contributed by atoms with E-state index in [1.165, 1.54) is 0 Å². The molecule has 0 bridgehead atoms. The Morgan fingerprint density at radius 3 is 2.83 bits per heavy atom. The number of nitrogens with one attached hydrogen (secondary N) is 1. The summed E-state index contributed by atoms with van der Waals surface area (Å²) < 4.78 is 10.7. The van der Waals surface area contributed by atoms with Gasteiger partial charge in [-0.15, -0.1) is 0 Å². The SMILES string of the molecule is COc1ccccc1-c1noc(CNc2ccc(Cl)cc2C(=O)N2CCCC2)n1. The highest BCUT2D eigenvalue weighted by atomic mass is 35.5. The molecule has 8 heteroatoms. The molecular formula is C21H21ClN4O3. The van der Waals surface area contributed by atoms with Crippen LogP contribution in [0.4, 0.5) is 5.69 Å². The molecule has 0 radical (unpaired) electrons. The topological polar surface area (TPSA) is 80.5 Å². The molecule has 1 fully saturated rings. The van der Waals surface area contributed by atoms with Gasteiger partial charge in [0.2, 0.25) is 11.7 Å². The summed E-state index contributed by atoms with van der Waals surface area (Å²) in [5.41, 5.74) is 1.98. The van der Waals surface area contributed by atoms with Crippen LogP contribution in [0.5, 0.6) is 5.75 Å². The van der Waals surface area contributed by atoms with Gasteiger partial charge in [-0.2, -0.15) is 4.98 Å². The molecule has 0 spiro atoms. The summed E-state index contributed by atoms with van der Waals surface area (Å²) in [5, 5.41) is 7.78. The first-order valence-corrected chi connectivity index (χ1v) is 9.82. The number of likely N-dealkylation sites (tertiary alicyclic amines) is 1. The maximum Gasteiger partial charge on any atom is 0.256 e. The molecule has 0 aliphatic carbocycles. The van der Waals surface area contributed by atoms with Gasteiger partial charge < -0.3 is 19.5 Å². The van der Waals surface area contributed by atoms with Crippen LogP contribution >= 0.6 is 11.6 Å². The van der Waals surface area contributed by atoms with E-state index in [0.29, 0.717) is 33.7 Å². The van der Waals surface area contributed by atoms with Gasteiger partial charge >= 0.3 is 0 Å². The number of para-hydroxylation sites is 1. The van der Waals surface area contributed by atoms with Crippen LogP contribution in [0.1, 0.15) is 29.1 Å². The van der Waals surface area contributed by atoms with Gasteiger partial charge in [0, 0.05) is 23.8 Å². The number of carbonyl (C=O) groups is 1. The number of hydrogen-bond acceptors (Lipinski definition) is 6. The smallest absolute Gasteiger partial charge is 0.256 e. The predicted octanol–water partition coefficient (Wildman–Crippen LogP) is 4.25. The number of halogens is 1. The highest BCUT2D eigenvalue weighted by molar-refractivity contribution is 6.31. The number of nitrogens with zero attached hydrogens (tertiary/aromatic N) is 3. The number of methoxy groups -OCH3 is 1. The molecule has 4 rings (SSSR count). The maximum absolute atomic E-state index is 12.9. The molecular weight excluding hydrogens is 392 g/mol. The Bertz CT molecular complexity index is 1010. The second-order valence-corrected chi connectivity index (χ2v) is 7.19. The fourth-order valence-corrected chi connectivity index (χ4v) is 3.55. The molecule has 1 amide bonds. The van der Waals surface area contributed by atoms with Gasteiger partial charge in [-0.1, -0.05) is 28.9 Å². The minimum atomic E-state index is -0.0206. The van der Waals surface area contributed by atoms with Gasteiger partial charge in [-0.3, -0.25) is 4.79 Å². The molecule has 1 aliphatic rings. The minimum Gasteiger partial charge on any atom is -0.496 e. The van der Waals surface area contributed by atoms with E-state index in [1.807, 2.05) is 29.2 Å². The normalized spacial score (nSPS) is 13.5. The number of hydrogen-bond donors (Lipinski definition) is 1. The standard InChI is InChI=1S/C21H21ClN4O3/c1-28-18-7-3-2-6-15(18)20-24-19(29-25-20)13-23-17-9-8-14(22)12-16(17)21(27)26-10-4-5-11-26/h2-3,6-9,12,23H,4-5,10-11,13H2,1H3. The van der Waals surface area contributed by atoms with Crippen LogP contribution in [0, 0.1) is 0 Å². The lowest BCUT2D eigenvalue weighted by Crippen LogP contribution is -2.28. The summed E-state index contributed by atoms with van der Waals surface area (Å²) in [6, 6.07) is 12.7. The van der Waals surface area contributed by atoms with Gasteiger partial charge in [-0.05, 0) is 43.2 Å². The monoisotopic (exact) mass is 412 g/mol. The van der Waals surface area contributed by atoms with Crippen LogP contribution in [-0.4, -0.2) is 41.1 Å². The van der Waals surface area contributed by atoms with Crippen LogP contribution < -0.4 is 10.1 Å². The third-order valence-corrected chi connectivity index (χ3v) is 5.09. The van der Waals surface area contributed by atoms with Crippen molar-refractivity contribution in [2.75, 3.05) is 25.5 Å². The number of rotatable bonds is 6. The lowest BCUT2D eigenvalue weighted by Gasteiger charge is -2.18. The highest BCUT2D eigenvalue weighted by Crippen LogP contribution is 2.28. The molecule has 0 unspecified atom stereocenters. The van der Waals surface area contributed by atoms with E-state index in [4.69, 9.17) is 20.9 Å². The molecule has 0 atom stereocenters. The summed E-state index contributed by atoms with van der Waals surface area (Å²) in [7, 11) is 1.60. The van der Waals surface area contributed by atoms with E-state index in [0.717, 1.165) is 31.5 Å². The molecule has 3 aromatic rings. The van der Waals surface area contributed by atoms with Crippen molar-refractivity contribution < 1.29 is 14.1 Å². The van der Waals surface area contributed by atoms with Crippen LogP contribution in [0.2, 0.25) is 5.02 Å². The number of amides is 1. The number of anilines is 1. The molecule has 29 heavy (non-hydrogen) atoms. The van der Waals surface area contributed by atoms with Crippen molar-refractivity contribution in [2.45, 2.75) is 19.4 Å². The third-order valence-electron chi connectivity index (χ3n) is 4.85. The second-order valence-electron chi connectivity index (χ2n) is 6.75. The Hall–Kier alpha value is -3.06. The Labute approximate surface area is 173 Å². The van der Waals surface area contributed by atoms with E-state index in [2.05, 4.69) is 15.5 Å². The second kappa shape index (κ2) is 8.53. The Morgan fingerprint density at radius 1 is 1.24 bits per heavy atom. The fraction of sp³-hybridized carbons (Fsp3) is 0.286. The molecule has 2 aromatic carbocycles. The number of ether oxygens (including phenoxy) is 1. The van der Waals surface area contributed by atoms with Crippen LogP contribution in [-0.2, 0) is 6.54 Å². The molecule has 1 aliphatic heterocycles. The van der Waals surface area contributed by atoms with Crippen LogP contribution in [0.15, 0.2) is 47.0 Å². The molecule has 0 saturated carbocycles. The Morgan fingerprint density at radius 2 is 2.03 bits per heavy atom. The number of carbonyl (C=O) groups excluding carboxylic acids is 1. The van der Waals surface area contributed by atoms with E-state index in [-0.39, 0.29) is 12.5 Å². The van der Waals surface area contributed by atoms with Gasteiger partial charge in [0.25, 0.3) is 5.91 Å². The molecule has 7 nitrogen and oxygen atoms in total. The van der Waals surface area contributed by atoms with E-state index >= 15 is 0 Å². The zero-order chi connectivity index (χ0) is 20.2. The first kappa shape index (κ1) is 19.3. The van der Waals surface area contributed by atoms with E-state index in [9.17, 15) is 4.79 Å². The van der Waals surface area contributed by atoms with Gasteiger partial charge in [-0.25, -0.2) is 0 Å². The summed E-state index contributed by atoms with van der Waals surface area (Å²) in [4.78, 5) is 19.1. The number of aromatic nitrogens is 2. The summed E-state index contributed by atoms with van der Waals surface area (Å²) in [6.45, 7) is 1.83. The van der Waals surface area contributed by atoms with E-state index in [1.54, 1.807) is 25.3 Å². The summed E-state index contributed by atoms with van der Waals surface area (Å²) in [6.07, 6.45) is 2.06. The zero-order valence-electron chi connectivity index (χ0n) is 16.0. The first-order valence-electron chi connectivity index (χ1n) is 9.44. The van der Waals surface area contributed by atoms with Crippen molar-refractivity contribution in [1.29, 1.82) is 0 Å². The predicted molar refractivity (Wildman–Crippen MR) is 110 cm³/mol. The van der Waals surface area contributed by atoms with Crippen molar-refractivity contribution in [3.8, 4) is 17.1 Å². The van der Waals surface area contributed by atoms with Crippen molar-refractivity contribution in [3.05, 3.63) is 58.9 Å². The molecule has 1 N–H and O–H groups in total. The van der Waals surface area contributed by atoms with E-state index < -0.39 is 0 Å². The van der Waals surface area contributed by atoms with Crippen LogP contribution in [0.25, 0.3) is 11.4 Å². The van der Waals surface area contributed by atoms with Gasteiger partial charge in [0.15, 0.2) is 0 Å². The molecule has 150 valence electrons. The van der Waals surface area contributed by atoms with Crippen molar-refractivity contribution >= 4 is 23.2 Å². The minimum absolute atomic E-state index is 0.0206. The average molecular weight is 413 g/mol. The summed E-state index contributed by atoms with van der Waals surface area (Å²) in [5.74, 6) is 1.50. The van der Waals surface area contributed by atoms with Crippen molar-refractivity contribution in [1.82, 2.24) is 15.0 Å². The highest BCUT2D eigenvalue weighted by Gasteiger charge is 2.22. The largest absolute Gasteiger partial charge is 0.496 e. The average Bonchev–Trinajstić information content (AvgIpc) is 3.44. The fourth-order valence-electron chi connectivity index (χ4n) is 3.37. The summed E-state index contributed by atoms with van der Waals surface area (Å²) >= 11 is 6.13. The first-order chi connectivity index (χ1) is 14.2. The van der Waals surface area contributed by atoms with Gasteiger partial charge in [0.1, 0.15) is 5.75 Å². The Balaban J connectivity index is 1.51. The lowest BCUT2D eigenvalue weighted by molar-refractivity contribution is 0.0793. The number of benzene rings is 2. The third kappa shape index (κ3) is 4.19. The zero-order valence-corrected chi connectivity index (χ0v) is 16.8. The molecule has 1 saturated heterocycles. The van der Waals surface area contributed by atoms with Crippen LogP contribution in [0.3, 0.4) is 0 Å². The lowest BCUT2D eigenvalue weighted by atomic mass is 10.1. The quantitative estimate of drug-likeness (QED) is 0.652. The van der Waals surface area contributed by atoms with Crippen molar-refractivity contribution in [2.24, 2.45) is 0 Å².